The van der Waals surface area contributed by atoms with E-state index in [4.69, 9.17) is 4.74 Å². The van der Waals surface area contributed by atoms with Crippen LogP contribution in [0.5, 0.6) is 5.88 Å². The number of aromatic nitrogens is 1. The maximum atomic E-state index is 12.4. The van der Waals surface area contributed by atoms with Gasteiger partial charge in [-0.2, -0.15) is 0 Å². The number of rotatable bonds is 5. The van der Waals surface area contributed by atoms with Gasteiger partial charge in [0.15, 0.2) is 0 Å². The number of nitrogens with one attached hydrogen (secondary N) is 1. The number of carbonyl (C=O) groups is 1. The number of pyridine rings is 1. The molecule has 2 aromatic heterocycles. The minimum atomic E-state index is -0.697. The second-order valence-electron chi connectivity index (χ2n) is 5.25. The van der Waals surface area contributed by atoms with Crippen molar-refractivity contribution in [2.24, 2.45) is 0 Å². The summed E-state index contributed by atoms with van der Waals surface area (Å²) in [7, 11) is 1.51. The van der Waals surface area contributed by atoms with Crippen LogP contribution in [0, 0.1) is 0 Å². The van der Waals surface area contributed by atoms with Crippen LogP contribution in [-0.4, -0.2) is 29.7 Å². The fourth-order valence-corrected chi connectivity index (χ4v) is 3.35. The summed E-state index contributed by atoms with van der Waals surface area (Å²) >= 11 is 1.46. The largest absolute Gasteiger partial charge is 0.480 e. The lowest BCUT2D eigenvalue weighted by molar-refractivity contribution is 0.0914. The smallest absolute Gasteiger partial charge is 0.256 e. The van der Waals surface area contributed by atoms with E-state index in [1.807, 2.05) is 23.6 Å². The molecule has 1 atom stereocenters. The molecule has 22 heavy (non-hydrogen) atoms. The SMILES string of the molecule is COc1nc2c(cc1C(=O)NCC(O)c1cccs1)CCC2. The lowest BCUT2D eigenvalue weighted by Crippen LogP contribution is -2.28. The van der Waals surface area contributed by atoms with Gasteiger partial charge in [-0.05, 0) is 42.3 Å². The van der Waals surface area contributed by atoms with Gasteiger partial charge >= 0.3 is 0 Å². The second kappa shape index (κ2) is 6.46. The van der Waals surface area contributed by atoms with Crippen LogP contribution in [0.15, 0.2) is 23.6 Å². The van der Waals surface area contributed by atoms with Gasteiger partial charge in [0.25, 0.3) is 5.91 Å². The van der Waals surface area contributed by atoms with Crippen LogP contribution in [0.2, 0.25) is 0 Å². The first-order valence-corrected chi connectivity index (χ1v) is 8.13. The van der Waals surface area contributed by atoms with E-state index >= 15 is 0 Å². The summed E-state index contributed by atoms with van der Waals surface area (Å²) in [5.41, 5.74) is 2.57. The van der Waals surface area contributed by atoms with Crippen molar-refractivity contribution in [3.8, 4) is 5.88 Å². The third kappa shape index (κ3) is 2.98. The summed E-state index contributed by atoms with van der Waals surface area (Å²) < 4.78 is 5.24. The quantitative estimate of drug-likeness (QED) is 0.886. The molecule has 0 spiro atoms. The van der Waals surface area contributed by atoms with E-state index in [1.54, 1.807) is 0 Å². The number of fused-ring (bicyclic) bond motifs is 1. The molecule has 2 heterocycles. The zero-order valence-corrected chi connectivity index (χ0v) is 13.2. The van der Waals surface area contributed by atoms with E-state index in [0.29, 0.717) is 11.4 Å². The fourth-order valence-electron chi connectivity index (χ4n) is 2.64. The third-order valence-corrected chi connectivity index (χ3v) is 4.75. The van der Waals surface area contributed by atoms with Gasteiger partial charge in [-0.1, -0.05) is 6.07 Å². The third-order valence-electron chi connectivity index (χ3n) is 3.78. The number of carbonyl (C=O) groups excluding carboxylic acids is 1. The molecule has 1 unspecified atom stereocenters. The minimum Gasteiger partial charge on any atom is -0.480 e. The number of amides is 1. The average molecular weight is 318 g/mol. The zero-order valence-electron chi connectivity index (χ0n) is 12.3. The predicted octanol–water partition coefficient (Wildman–Crippen LogP) is 2.10. The standard InChI is InChI=1S/C16H18N2O3S/c1-21-16-11(8-10-4-2-5-12(10)18-16)15(20)17-9-13(19)14-6-3-7-22-14/h3,6-8,13,19H,2,4-5,9H2,1H3,(H,17,20). The Kier molecular flexibility index (Phi) is 4.40. The lowest BCUT2D eigenvalue weighted by Gasteiger charge is -2.13. The van der Waals surface area contributed by atoms with E-state index in [2.05, 4.69) is 10.3 Å². The molecule has 0 fully saturated rings. The van der Waals surface area contributed by atoms with Crippen molar-refractivity contribution in [2.45, 2.75) is 25.4 Å². The van der Waals surface area contributed by atoms with Gasteiger partial charge in [0.1, 0.15) is 11.7 Å². The summed E-state index contributed by atoms with van der Waals surface area (Å²) in [5, 5.41) is 14.7. The molecule has 5 nitrogen and oxygen atoms in total. The highest BCUT2D eigenvalue weighted by molar-refractivity contribution is 7.10. The maximum Gasteiger partial charge on any atom is 0.256 e. The normalized spacial score (nSPS) is 14.5. The van der Waals surface area contributed by atoms with Gasteiger partial charge in [0, 0.05) is 17.1 Å². The van der Waals surface area contributed by atoms with Crippen molar-refractivity contribution < 1.29 is 14.6 Å². The molecule has 0 bridgehead atoms. The highest BCUT2D eigenvalue weighted by Crippen LogP contribution is 2.26. The van der Waals surface area contributed by atoms with Crippen molar-refractivity contribution in [1.29, 1.82) is 0 Å². The molecule has 0 aliphatic heterocycles. The van der Waals surface area contributed by atoms with E-state index in [-0.39, 0.29) is 12.5 Å². The minimum absolute atomic E-state index is 0.166. The Morgan fingerprint density at radius 1 is 1.55 bits per heavy atom. The van der Waals surface area contributed by atoms with Crippen LogP contribution in [0.3, 0.4) is 0 Å². The first-order chi connectivity index (χ1) is 10.7. The number of thiophene rings is 1. The van der Waals surface area contributed by atoms with Crippen LogP contribution < -0.4 is 10.1 Å². The van der Waals surface area contributed by atoms with E-state index in [9.17, 15) is 9.90 Å². The van der Waals surface area contributed by atoms with Crippen molar-refractivity contribution in [1.82, 2.24) is 10.3 Å². The van der Waals surface area contributed by atoms with Crippen LogP contribution in [0.4, 0.5) is 0 Å². The average Bonchev–Trinajstić information content (AvgIpc) is 3.21. The summed E-state index contributed by atoms with van der Waals surface area (Å²) in [6.07, 6.45) is 2.25. The Labute approximate surface area is 133 Å². The molecule has 6 heteroatoms. The number of aryl methyl sites for hydroxylation is 2. The van der Waals surface area contributed by atoms with Crippen LogP contribution in [0.25, 0.3) is 0 Å². The van der Waals surface area contributed by atoms with Crippen molar-refractivity contribution >= 4 is 17.2 Å². The van der Waals surface area contributed by atoms with Gasteiger partial charge in [-0.15, -0.1) is 11.3 Å². The van der Waals surface area contributed by atoms with Crippen LogP contribution >= 0.6 is 11.3 Å². The second-order valence-corrected chi connectivity index (χ2v) is 6.23. The maximum absolute atomic E-state index is 12.4. The Hall–Kier alpha value is -1.92. The molecule has 1 aliphatic rings. The van der Waals surface area contributed by atoms with Crippen molar-refractivity contribution in [3.05, 3.63) is 45.3 Å². The Balaban J connectivity index is 1.72. The summed E-state index contributed by atoms with van der Waals surface area (Å²) in [6.45, 7) is 0.166. The van der Waals surface area contributed by atoms with Crippen molar-refractivity contribution in [2.75, 3.05) is 13.7 Å². The molecule has 0 radical (unpaired) electrons. The number of ether oxygens (including phenoxy) is 1. The fraction of sp³-hybridized carbons (Fsp3) is 0.375. The summed E-state index contributed by atoms with van der Waals surface area (Å²) in [6, 6.07) is 5.58. The lowest BCUT2D eigenvalue weighted by atomic mass is 10.1. The molecule has 0 saturated heterocycles. The van der Waals surface area contributed by atoms with E-state index in [0.717, 1.165) is 35.4 Å². The van der Waals surface area contributed by atoms with Gasteiger partial charge in [0.05, 0.1) is 7.11 Å². The van der Waals surface area contributed by atoms with Crippen molar-refractivity contribution in [3.63, 3.8) is 0 Å². The summed E-state index contributed by atoms with van der Waals surface area (Å²) in [4.78, 5) is 17.6. The monoisotopic (exact) mass is 318 g/mol. The number of aliphatic hydroxyl groups is 1. The molecule has 116 valence electrons. The number of hydrogen-bond donors (Lipinski definition) is 2. The van der Waals surface area contributed by atoms with E-state index in [1.165, 1.54) is 18.4 Å². The zero-order chi connectivity index (χ0) is 15.5. The molecule has 2 aromatic rings. The topological polar surface area (TPSA) is 71.5 Å². The van der Waals surface area contributed by atoms with Gasteiger partial charge in [0.2, 0.25) is 5.88 Å². The molecular formula is C16H18N2O3S. The molecule has 1 aliphatic carbocycles. The number of hydrogen-bond acceptors (Lipinski definition) is 5. The first kappa shape index (κ1) is 15.0. The number of nitrogens with zero attached hydrogens (tertiary/aromatic N) is 1. The van der Waals surface area contributed by atoms with Gasteiger partial charge < -0.3 is 15.2 Å². The Bertz CT molecular complexity index is 670. The van der Waals surface area contributed by atoms with Crippen LogP contribution in [-0.2, 0) is 12.8 Å². The predicted molar refractivity (Wildman–Crippen MR) is 84.4 cm³/mol. The number of aliphatic hydroxyl groups excluding tert-OH is 1. The molecule has 2 N–H and O–H groups in total. The molecule has 0 saturated carbocycles. The molecule has 1 amide bonds. The van der Waals surface area contributed by atoms with Crippen LogP contribution in [0.1, 0.15) is 39.0 Å². The molecular weight excluding hydrogens is 300 g/mol. The van der Waals surface area contributed by atoms with Gasteiger partial charge in [-0.25, -0.2) is 4.98 Å². The first-order valence-electron chi connectivity index (χ1n) is 7.25. The highest BCUT2D eigenvalue weighted by Gasteiger charge is 2.21. The summed E-state index contributed by atoms with van der Waals surface area (Å²) in [5.74, 6) is 0.0819. The van der Waals surface area contributed by atoms with E-state index < -0.39 is 6.10 Å². The molecule has 3 rings (SSSR count). The number of methoxy groups -OCH3 is 1. The highest BCUT2D eigenvalue weighted by atomic mass is 32.1. The van der Waals surface area contributed by atoms with Gasteiger partial charge in [-0.3, -0.25) is 4.79 Å². The Morgan fingerprint density at radius 3 is 3.14 bits per heavy atom. The Morgan fingerprint density at radius 2 is 2.41 bits per heavy atom. The molecule has 0 aromatic carbocycles.